The minimum Gasteiger partial charge on any atom is -0.361 e. The van der Waals surface area contributed by atoms with Crippen LogP contribution in [0.25, 0.3) is 0 Å². The molecule has 0 amide bonds. The number of sulfone groups is 2. The van der Waals surface area contributed by atoms with Crippen LogP contribution in [0.2, 0.25) is 0 Å². The average molecular weight is 535 g/mol. The van der Waals surface area contributed by atoms with Gasteiger partial charge in [0.25, 0.3) is 0 Å². The van der Waals surface area contributed by atoms with E-state index in [1.165, 1.54) is 24.3 Å². The van der Waals surface area contributed by atoms with E-state index in [0.29, 0.717) is 44.1 Å². The molecule has 5 rings (SSSR count). The Bertz CT molecular complexity index is 1430. The van der Waals surface area contributed by atoms with Gasteiger partial charge in [-0.15, -0.1) is 0 Å². The third-order valence-electron chi connectivity index (χ3n) is 6.33. The van der Waals surface area contributed by atoms with Crippen molar-refractivity contribution in [1.29, 1.82) is 0 Å². The molecule has 3 aromatic rings. The van der Waals surface area contributed by atoms with Crippen LogP contribution in [0.3, 0.4) is 0 Å². The SMILES string of the molecule is Cc1ccc(S(=O)(=O)c2nc(S(=O)(=O)c3ccc(C)cc3)c(N3CCC4(CC3)OCCO4)s2)cc1. The summed E-state index contributed by atoms with van der Waals surface area (Å²) in [4.78, 5) is 6.28. The molecule has 2 fully saturated rings. The molecule has 2 aliphatic rings. The van der Waals surface area contributed by atoms with Crippen LogP contribution in [-0.4, -0.2) is 53.9 Å². The van der Waals surface area contributed by atoms with Gasteiger partial charge in [-0.25, -0.2) is 21.8 Å². The highest BCUT2D eigenvalue weighted by Crippen LogP contribution is 2.42. The van der Waals surface area contributed by atoms with Crippen LogP contribution >= 0.6 is 11.3 Å². The van der Waals surface area contributed by atoms with Gasteiger partial charge in [0, 0.05) is 25.9 Å². The van der Waals surface area contributed by atoms with Crippen molar-refractivity contribution >= 4 is 36.0 Å². The molecule has 0 N–H and O–H groups in total. The fourth-order valence-electron chi connectivity index (χ4n) is 4.25. The predicted octanol–water partition coefficient (Wildman–Crippen LogP) is 3.77. The maximum Gasteiger partial charge on any atom is 0.233 e. The zero-order valence-electron chi connectivity index (χ0n) is 19.4. The first-order valence-corrected chi connectivity index (χ1v) is 15.1. The van der Waals surface area contributed by atoms with Gasteiger partial charge in [0.2, 0.25) is 24.0 Å². The van der Waals surface area contributed by atoms with Gasteiger partial charge in [-0.05, 0) is 38.1 Å². The maximum absolute atomic E-state index is 13.7. The van der Waals surface area contributed by atoms with Crippen molar-refractivity contribution in [3.05, 3.63) is 59.7 Å². The third kappa shape index (κ3) is 4.51. The smallest absolute Gasteiger partial charge is 0.233 e. The molecule has 2 aliphatic heterocycles. The lowest BCUT2D eigenvalue weighted by Crippen LogP contribution is -2.45. The second kappa shape index (κ2) is 8.97. The number of hydrogen-bond acceptors (Lipinski definition) is 9. The summed E-state index contributed by atoms with van der Waals surface area (Å²) in [6.45, 7) is 5.73. The van der Waals surface area contributed by atoms with Gasteiger partial charge < -0.3 is 14.4 Å². The molecule has 1 spiro atoms. The number of benzene rings is 2. The molecule has 0 unspecified atom stereocenters. The Labute approximate surface area is 209 Å². The molecule has 186 valence electrons. The third-order valence-corrected chi connectivity index (χ3v) is 11.4. The first-order chi connectivity index (χ1) is 16.6. The molecular formula is C24H26N2O6S3. The summed E-state index contributed by atoms with van der Waals surface area (Å²) in [5.74, 6) is -0.645. The van der Waals surface area contributed by atoms with Gasteiger partial charge in [-0.1, -0.05) is 46.7 Å². The van der Waals surface area contributed by atoms with Crippen LogP contribution in [0.15, 0.2) is 67.7 Å². The monoisotopic (exact) mass is 534 g/mol. The number of thiazole rings is 1. The van der Waals surface area contributed by atoms with Crippen LogP contribution < -0.4 is 4.90 Å². The van der Waals surface area contributed by atoms with E-state index in [4.69, 9.17) is 9.47 Å². The summed E-state index contributed by atoms with van der Waals surface area (Å²) in [5.41, 5.74) is 1.84. The summed E-state index contributed by atoms with van der Waals surface area (Å²) in [6, 6.07) is 12.9. The first kappa shape index (κ1) is 24.4. The van der Waals surface area contributed by atoms with Crippen molar-refractivity contribution in [2.45, 2.75) is 51.6 Å². The first-order valence-electron chi connectivity index (χ1n) is 11.3. The summed E-state index contributed by atoms with van der Waals surface area (Å²) >= 11 is 0.894. The van der Waals surface area contributed by atoms with Crippen LogP contribution in [0.5, 0.6) is 0 Å². The molecule has 0 bridgehead atoms. The molecule has 8 nitrogen and oxygen atoms in total. The summed E-state index contributed by atoms with van der Waals surface area (Å²) < 4.78 is 65.5. The predicted molar refractivity (Wildman–Crippen MR) is 131 cm³/mol. The molecule has 0 radical (unpaired) electrons. The lowest BCUT2D eigenvalue weighted by atomic mass is 10.0. The lowest BCUT2D eigenvalue weighted by Gasteiger charge is -2.38. The Morgan fingerprint density at radius 3 is 1.80 bits per heavy atom. The molecule has 0 atom stereocenters. The van der Waals surface area contributed by atoms with Gasteiger partial charge in [-0.2, -0.15) is 0 Å². The van der Waals surface area contributed by atoms with E-state index in [1.54, 1.807) is 24.3 Å². The fraction of sp³-hybridized carbons (Fsp3) is 0.375. The van der Waals surface area contributed by atoms with Gasteiger partial charge >= 0.3 is 0 Å². The van der Waals surface area contributed by atoms with Crippen LogP contribution in [0.4, 0.5) is 5.00 Å². The Hall–Kier alpha value is -2.31. The van der Waals surface area contributed by atoms with Gasteiger partial charge in [0.1, 0.15) is 5.00 Å². The number of rotatable bonds is 5. The highest BCUT2D eigenvalue weighted by molar-refractivity contribution is 7.94. The number of hydrogen-bond donors (Lipinski definition) is 0. The van der Waals surface area contributed by atoms with E-state index in [2.05, 4.69) is 4.98 Å². The number of piperidine rings is 1. The van der Waals surface area contributed by atoms with Crippen LogP contribution in [0, 0.1) is 13.8 Å². The van der Waals surface area contributed by atoms with Crippen LogP contribution in [-0.2, 0) is 29.1 Å². The average Bonchev–Trinajstić information content (AvgIpc) is 3.49. The molecule has 3 heterocycles. The second-order valence-electron chi connectivity index (χ2n) is 8.82. The minimum absolute atomic E-state index is 0.0740. The van der Waals surface area contributed by atoms with Crippen molar-refractivity contribution < 1.29 is 26.3 Å². The highest BCUT2D eigenvalue weighted by atomic mass is 32.2. The van der Waals surface area contributed by atoms with Gasteiger partial charge in [0.05, 0.1) is 23.0 Å². The highest BCUT2D eigenvalue weighted by Gasteiger charge is 2.42. The molecule has 1 aromatic heterocycles. The standard InChI is InChI=1S/C24H26N2O6S3/c1-17-3-7-19(8-4-17)34(27,28)21-22(26-13-11-24(12-14-26)31-15-16-32-24)33-23(25-21)35(29,30)20-9-5-18(2)6-10-20/h3-10H,11-16H2,1-2H3. The maximum atomic E-state index is 13.7. The zero-order valence-corrected chi connectivity index (χ0v) is 21.9. The Morgan fingerprint density at radius 1 is 0.800 bits per heavy atom. The Kier molecular flexibility index (Phi) is 6.25. The quantitative estimate of drug-likeness (QED) is 0.487. The van der Waals surface area contributed by atoms with E-state index < -0.39 is 25.5 Å². The lowest BCUT2D eigenvalue weighted by molar-refractivity contribution is -0.169. The fourth-order valence-corrected chi connectivity index (χ4v) is 8.73. The van der Waals surface area contributed by atoms with E-state index in [1.807, 2.05) is 18.7 Å². The number of aromatic nitrogens is 1. The largest absolute Gasteiger partial charge is 0.361 e. The van der Waals surface area contributed by atoms with Gasteiger partial charge in [0.15, 0.2) is 10.8 Å². The molecule has 0 saturated carbocycles. The molecule has 11 heteroatoms. The number of anilines is 1. The van der Waals surface area contributed by atoms with Crippen molar-refractivity contribution in [3.63, 3.8) is 0 Å². The molecule has 2 aromatic carbocycles. The molecule has 35 heavy (non-hydrogen) atoms. The molecular weight excluding hydrogens is 508 g/mol. The van der Waals surface area contributed by atoms with Gasteiger partial charge in [-0.3, -0.25) is 0 Å². The Morgan fingerprint density at radius 2 is 1.29 bits per heavy atom. The topological polar surface area (TPSA) is 103 Å². The van der Waals surface area contributed by atoms with Crippen molar-refractivity contribution in [1.82, 2.24) is 4.98 Å². The van der Waals surface area contributed by atoms with E-state index in [0.717, 1.165) is 22.5 Å². The van der Waals surface area contributed by atoms with E-state index in [9.17, 15) is 16.8 Å². The van der Waals surface area contributed by atoms with Crippen molar-refractivity contribution in [3.8, 4) is 0 Å². The number of nitrogens with zero attached hydrogens (tertiary/aromatic N) is 2. The normalized spacial score (nSPS) is 18.3. The van der Waals surface area contributed by atoms with E-state index in [-0.39, 0.29) is 19.2 Å². The minimum atomic E-state index is -4.06. The Balaban J connectivity index is 1.58. The number of aryl methyl sites for hydroxylation is 2. The van der Waals surface area contributed by atoms with E-state index >= 15 is 0 Å². The van der Waals surface area contributed by atoms with Crippen molar-refractivity contribution in [2.24, 2.45) is 0 Å². The summed E-state index contributed by atoms with van der Waals surface area (Å²) in [7, 11) is -8.06. The van der Waals surface area contributed by atoms with Crippen molar-refractivity contribution in [2.75, 3.05) is 31.2 Å². The van der Waals surface area contributed by atoms with Crippen LogP contribution in [0.1, 0.15) is 24.0 Å². The second-order valence-corrected chi connectivity index (χ2v) is 13.8. The molecule has 2 saturated heterocycles. The summed E-state index contributed by atoms with van der Waals surface area (Å²) in [6.07, 6.45) is 1.10. The molecule has 0 aliphatic carbocycles. The summed E-state index contributed by atoms with van der Waals surface area (Å²) in [5, 5.41) is 0.0883. The number of ether oxygens (including phenoxy) is 2. The zero-order chi connectivity index (χ0) is 24.8.